The minimum absolute atomic E-state index is 0.0140. The number of aromatic amines is 1. The molecule has 1 aliphatic rings. The van der Waals surface area contributed by atoms with Crippen molar-refractivity contribution in [1.29, 1.82) is 0 Å². The normalized spacial score (nSPS) is 11.1. The van der Waals surface area contributed by atoms with Crippen LogP contribution in [0.25, 0.3) is 10.9 Å². The van der Waals surface area contributed by atoms with Crippen LogP contribution in [0.2, 0.25) is 5.02 Å². The number of rotatable bonds is 34. The second-order valence-electron chi connectivity index (χ2n) is 30.1. The van der Waals surface area contributed by atoms with Crippen LogP contribution < -0.4 is 10.0 Å². The average Bonchev–Trinajstić information content (AvgIpc) is 1.65. The summed E-state index contributed by atoms with van der Waals surface area (Å²) in [4.78, 5) is 142. The van der Waals surface area contributed by atoms with Crippen LogP contribution in [0, 0.1) is 27.7 Å². The van der Waals surface area contributed by atoms with E-state index in [2.05, 4.69) is 173 Å². The highest BCUT2D eigenvalue weighted by Gasteiger charge is 2.29. The van der Waals surface area contributed by atoms with Gasteiger partial charge >= 0.3 is 24.0 Å². The summed E-state index contributed by atoms with van der Waals surface area (Å²) in [5.74, 6) is 1.12. The molecule has 4 heterocycles. The van der Waals surface area contributed by atoms with Gasteiger partial charge in [-0.1, -0.05) is 108 Å². The number of H-pyrrole nitrogens is 1. The lowest BCUT2D eigenvalue weighted by atomic mass is 9.94. The molecule has 0 spiro atoms. The largest absolute Gasteiger partial charge is 0.462 e. The van der Waals surface area contributed by atoms with Gasteiger partial charge in [0.15, 0.2) is 0 Å². The molecule has 39 heteroatoms. The van der Waals surface area contributed by atoms with Gasteiger partial charge in [-0.25, -0.2) is 27.6 Å². The Morgan fingerprint density at radius 2 is 0.947 bits per heavy atom. The van der Waals surface area contributed by atoms with E-state index in [0.717, 1.165) is 121 Å². The number of anilines is 2. The molecule has 0 saturated heterocycles. The van der Waals surface area contributed by atoms with Gasteiger partial charge in [-0.05, 0) is 235 Å². The fraction of sp³-hybridized carbons (Fsp3) is 0.362. The molecule has 6 aromatic carbocycles. The van der Waals surface area contributed by atoms with Crippen LogP contribution in [-0.4, -0.2) is 165 Å². The Bertz CT molecular complexity index is 5660. The zero-order chi connectivity index (χ0) is 99.2. The summed E-state index contributed by atoms with van der Waals surface area (Å²) in [6, 6.07) is 37.8. The SMILES string of the molecule is CC(C)(C)OC(=O)Nc1ccc(CC(=O)CS)cc1.CCOC(=O)c1c(CC(=O)CS)sc2c1CCCC2.CCOC(=O)c1sc(CC(=O)CS)c(C(=O)OCC)c1C.Cc1cc(Br)ccc1CC(=O)CS.Cc1cc(CC(=O)CS)ccc1Br.Cc1cc(CC(=O)CS)sn1.O=C(CS)Cc1ccc(Br)cc1Cl.O=C(CS)Cc1ccc(S(=O)(=O)Nc2ccc3cn[nH]c3c2)cc1. The van der Waals surface area contributed by atoms with Crippen molar-refractivity contribution in [2.45, 2.75) is 157 Å². The molecule has 0 unspecified atom stereocenters. The number of fused-ring (bicyclic) bond motifs is 2. The van der Waals surface area contributed by atoms with Gasteiger partial charge in [-0.15, -0.1) is 22.7 Å². The van der Waals surface area contributed by atoms with E-state index in [4.69, 9.17) is 30.5 Å². The molecule has 1 aliphatic carbocycles. The summed E-state index contributed by atoms with van der Waals surface area (Å²) in [6.07, 6.45) is 8.15. The Morgan fingerprint density at radius 3 is 1.45 bits per heavy atom. The second-order valence-corrected chi connectivity index (χ2v) is 40.6. The third-order valence-corrected chi connectivity index (χ3v) is 28.0. The number of sulfonamides is 1. The lowest BCUT2D eigenvalue weighted by Gasteiger charge is -2.19. The first-order valence-corrected chi connectivity index (χ1v) is 53.0. The minimum Gasteiger partial charge on any atom is -0.462 e. The highest BCUT2D eigenvalue weighted by Crippen LogP contribution is 2.37. The number of aromatic nitrogens is 3. The van der Waals surface area contributed by atoms with Gasteiger partial charge in [0.1, 0.15) is 56.7 Å². The predicted octanol–water partition coefficient (Wildman–Crippen LogP) is 21.0. The monoisotopic (exact) mass is 2250 g/mol. The highest BCUT2D eigenvalue weighted by molar-refractivity contribution is 9.11. The first kappa shape index (κ1) is 118. The fourth-order valence-corrected chi connectivity index (χ4v) is 18.6. The number of aryl methyl sites for hydroxylation is 4. The lowest BCUT2D eigenvalue weighted by molar-refractivity contribution is -0.116. The molecule has 1 amide bonds. The first-order chi connectivity index (χ1) is 63.0. The van der Waals surface area contributed by atoms with E-state index in [9.17, 15) is 66.0 Å². The molecular weight excluding hydrogens is 2150 g/mol. The van der Waals surface area contributed by atoms with Crippen LogP contribution in [0.15, 0.2) is 152 Å². The van der Waals surface area contributed by atoms with Crippen LogP contribution in [0.3, 0.4) is 0 Å². The van der Waals surface area contributed by atoms with Gasteiger partial charge in [0.25, 0.3) is 10.0 Å². The number of hydrogen-bond acceptors (Lipinski definition) is 31. The molecule has 0 radical (unpaired) electrons. The van der Waals surface area contributed by atoms with Crippen molar-refractivity contribution in [3.8, 4) is 0 Å². The van der Waals surface area contributed by atoms with Crippen molar-refractivity contribution < 1.29 is 84.9 Å². The minimum atomic E-state index is -3.70. The zero-order valence-corrected chi connectivity index (χ0v) is 90.9. The number of hydrogen-bond donors (Lipinski definition) is 11. The molecule has 23 nitrogen and oxygen atoms in total. The van der Waals surface area contributed by atoms with Crippen molar-refractivity contribution in [2.75, 3.05) is 75.9 Å². The van der Waals surface area contributed by atoms with Crippen LogP contribution in [0.5, 0.6) is 0 Å². The average molecular weight is 2260 g/mol. The molecule has 11 rings (SSSR count). The summed E-state index contributed by atoms with van der Waals surface area (Å²) in [6.45, 7) is 19.1. The third-order valence-electron chi connectivity index (χ3n) is 18.1. The van der Waals surface area contributed by atoms with Crippen molar-refractivity contribution >= 4 is 297 Å². The molecule has 718 valence electrons. The molecule has 4 aromatic heterocycles. The number of ether oxygens (including phenoxy) is 4. The number of carbonyl (C=O) groups is 12. The number of amides is 1. The molecule has 0 saturated carbocycles. The van der Waals surface area contributed by atoms with Crippen molar-refractivity contribution in [3.63, 3.8) is 0 Å². The quantitative estimate of drug-likeness (QED) is 0.0101. The number of nitrogens with one attached hydrogen (secondary N) is 3. The van der Waals surface area contributed by atoms with E-state index in [-0.39, 0.29) is 112 Å². The van der Waals surface area contributed by atoms with Gasteiger partial charge in [0.05, 0.1) is 58.9 Å². The van der Waals surface area contributed by atoms with Crippen molar-refractivity contribution in [1.82, 2.24) is 14.6 Å². The maximum absolute atomic E-state index is 12.4. The second kappa shape index (κ2) is 62.2. The van der Waals surface area contributed by atoms with Gasteiger partial charge in [0.2, 0.25) is 0 Å². The molecule has 10 aromatic rings. The maximum Gasteiger partial charge on any atom is 0.412 e. The van der Waals surface area contributed by atoms with Crippen LogP contribution >= 0.6 is 195 Å². The summed E-state index contributed by atoms with van der Waals surface area (Å²) in [5.41, 5.74) is 11.8. The van der Waals surface area contributed by atoms with Gasteiger partial charge in [-0.3, -0.25) is 53.5 Å². The topological polar surface area (TPSA) is 342 Å². The number of esters is 3. The highest BCUT2D eigenvalue weighted by atomic mass is 79.9. The molecule has 0 aliphatic heterocycles. The third kappa shape index (κ3) is 43.8. The van der Waals surface area contributed by atoms with E-state index in [1.165, 1.54) is 28.5 Å². The molecule has 3 N–H and O–H groups in total. The lowest BCUT2D eigenvalue weighted by Crippen LogP contribution is -2.27. The van der Waals surface area contributed by atoms with Crippen LogP contribution in [-0.2, 0) is 132 Å². The molecule has 0 atom stereocenters. The van der Waals surface area contributed by atoms with Gasteiger partial charge in [-0.2, -0.15) is 111 Å². The number of thiophene rings is 2. The number of thiol groups is 8. The van der Waals surface area contributed by atoms with Crippen molar-refractivity contribution in [3.05, 3.63) is 243 Å². The van der Waals surface area contributed by atoms with E-state index in [1.54, 1.807) is 127 Å². The summed E-state index contributed by atoms with van der Waals surface area (Å²) in [7, 11) is -3.70. The Hall–Kier alpha value is -6.86. The summed E-state index contributed by atoms with van der Waals surface area (Å²) < 4.78 is 54.8. The Labute approximate surface area is 863 Å². The number of benzene rings is 6. The van der Waals surface area contributed by atoms with E-state index in [0.29, 0.717) is 105 Å². The number of nitrogens with zero attached hydrogens (tertiary/aromatic N) is 2. The Kier molecular flexibility index (Phi) is 55.4. The fourth-order valence-electron chi connectivity index (χ4n) is 11.8. The first-order valence-electron chi connectivity index (χ1n) is 41.3. The van der Waals surface area contributed by atoms with Gasteiger partial charge < -0.3 is 18.9 Å². The summed E-state index contributed by atoms with van der Waals surface area (Å²) in [5, 5.41) is 10.8. The van der Waals surface area contributed by atoms with Crippen molar-refractivity contribution in [2.24, 2.45) is 0 Å². The molecule has 0 fully saturated rings. The Morgan fingerprint density at radius 1 is 0.489 bits per heavy atom. The van der Waals surface area contributed by atoms with Crippen LogP contribution in [0.4, 0.5) is 16.2 Å². The number of Topliss-reactive ketones (excluding diaryl/α,β-unsaturated/α-hetero) is 8. The predicted molar refractivity (Wildman–Crippen MR) is 572 cm³/mol. The number of ketones is 8. The standard InChI is InChI=1S/C16H15N3O3S2.C14H19NO3S.C14H18O5S2.C14H18O3S2.2C10H11BrOS.C9H8BrClOS.C7H9NOS2/c20-14(10-23)7-11-1-5-15(6-2-11)24(21,22)19-13-4-3-12-9-17-18-16(12)8-13;1-14(2,3)18-13(17)15-11-6-4-10(5-7-11)8-12(16)9-19;1-4-18-13(16)11-8(3)12(14(17)19-5-2)21-10(11)6-9(15)7-20;1-2-17-14(16)13-10-5-3-4-6-11(10)19-12(13)7-9(15)8-18;1-7-4-9(11)3-2-8(7)5-10(12)6-13;1-7-4-8(2-3-10(7)11)5-9(12)6-13;10-7-2-1-6(9(11)4-7)3-8(12)5-13;1-5-2-7(11-8-5)3-6(9)4-10/h1-6,8-9,19,23H,7,10H2,(H,17,18);4-7,19H,8-9H2,1-3H3,(H,15,17);20H,4-7H2,1-3H3;18H,2-8H2,1H3;2*2-4,13H,5-6H2,1H3;1-2,4,13H,3,5H2;2,10H,3-4H2,1H3. The smallest absolute Gasteiger partial charge is 0.412 e. The van der Waals surface area contributed by atoms with E-state index < -0.39 is 33.7 Å². The molecule has 0 bridgehead atoms. The molecule has 133 heavy (non-hydrogen) atoms. The van der Waals surface area contributed by atoms with E-state index >= 15 is 0 Å². The maximum atomic E-state index is 12.4. The van der Waals surface area contributed by atoms with Gasteiger partial charge in [0, 0.05) is 146 Å². The molecular formula is C94H109Br3ClN5O18S12. The summed E-state index contributed by atoms with van der Waals surface area (Å²) >= 11 is 51.5. The van der Waals surface area contributed by atoms with Crippen LogP contribution in [0.1, 0.15) is 160 Å². The Balaban J connectivity index is 0.000000322. The number of halogens is 4. The number of carbonyl (C=O) groups excluding carboxylic acids is 12. The van der Waals surface area contributed by atoms with E-state index in [1.807, 2.05) is 75.4 Å². The zero-order valence-electron chi connectivity index (χ0n) is 74.9.